The summed E-state index contributed by atoms with van der Waals surface area (Å²) in [6.07, 6.45) is 4.27. The van der Waals surface area contributed by atoms with Crippen LogP contribution in [0.15, 0.2) is 18.3 Å². The molecular formula is C15H23N3S. The summed E-state index contributed by atoms with van der Waals surface area (Å²) in [7, 11) is 1.99. The molecule has 1 atom stereocenters. The van der Waals surface area contributed by atoms with Gasteiger partial charge in [0.2, 0.25) is 0 Å². The van der Waals surface area contributed by atoms with Gasteiger partial charge in [-0.15, -0.1) is 11.3 Å². The van der Waals surface area contributed by atoms with E-state index >= 15 is 0 Å². The van der Waals surface area contributed by atoms with Crippen LogP contribution < -0.4 is 5.32 Å². The summed E-state index contributed by atoms with van der Waals surface area (Å²) >= 11 is 1.87. The van der Waals surface area contributed by atoms with Gasteiger partial charge >= 0.3 is 0 Å². The van der Waals surface area contributed by atoms with Gasteiger partial charge in [0.15, 0.2) is 0 Å². The molecule has 0 spiro atoms. The molecule has 0 aliphatic heterocycles. The highest BCUT2D eigenvalue weighted by Crippen LogP contribution is 2.33. The zero-order valence-corrected chi connectivity index (χ0v) is 13.0. The van der Waals surface area contributed by atoms with Crippen molar-refractivity contribution in [1.82, 2.24) is 15.1 Å². The average Bonchev–Trinajstić information content (AvgIpc) is 3.01. The third-order valence-electron chi connectivity index (χ3n) is 3.26. The Morgan fingerprint density at radius 3 is 2.84 bits per heavy atom. The van der Waals surface area contributed by atoms with E-state index < -0.39 is 0 Å². The Labute approximate surface area is 119 Å². The van der Waals surface area contributed by atoms with Crippen LogP contribution in [0.1, 0.15) is 43.8 Å². The van der Waals surface area contributed by atoms with Crippen molar-refractivity contribution in [2.24, 2.45) is 7.05 Å². The second-order valence-electron chi connectivity index (χ2n) is 4.89. The number of nitrogens with zero attached hydrogens (tertiary/aromatic N) is 2. The molecule has 2 heterocycles. The topological polar surface area (TPSA) is 29.9 Å². The summed E-state index contributed by atoms with van der Waals surface area (Å²) in [6.45, 7) is 7.66. The maximum atomic E-state index is 4.52. The summed E-state index contributed by atoms with van der Waals surface area (Å²) in [5, 5.41) is 8.05. The van der Waals surface area contributed by atoms with Crippen LogP contribution >= 0.6 is 11.3 Å². The lowest BCUT2D eigenvalue weighted by Crippen LogP contribution is -2.18. The summed E-state index contributed by atoms with van der Waals surface area (Å²) in [5.41, 5.74) is 2.47. The fraction of sp³-hybridized carbons (Fsp3) is 0.533. The van der Waals surface area contributed by atoms with Crippen LogP contribution in [0.4, 0.5) is 0 Å². The molecule has 0 aromatic carbocycles. The molecule has 3 nitrogen and oxygen atoms in total. The van der Waals surface area contributed by atoms with Crippen molar-refractivity contribution in [3.63, 3.8) is 0 Å². The van der Waals surface area contributed by atoms with E-state index in [0.717, 1.165) is 13.0 Å². The molecule has 19 heavy (non-hydrogen) atoms. The molecule has 2 aromatic heterocycles. The number of aryl methyl sites for hydroxylation is 2. The molecule has 0 aliphatic rings. The molecule has 2 aromatic rings. The quantitative estimate of drug-likeness (QED) is 0.871. The van der Waals surface area contributed by atoms with Crippen molar-refractivity contribution < 1.29 is 0 Å². The van der Waals surface area contributed by atoms with E-state index in [0.29, 0.717) is 6.04 Å². The third kappa shape index (κ3) is 3.25. The molecule has 0 radical (unpaired) electrons. The lowest BCUT2D eigenvalue weighted by molar-refractivity contribution is 0.578. The first kappa shape index (κ1) is 14.3. The maximum absolute atomic E-state index is 4.52. The van der Waals surface area contributed by atoms with Gasteiger partial charge in [0.1, 0.15) is 0 Å². The highest BCUT2D eigenvalue weighted by atomic mass is 32.1. The van der Waals surface area contributed by atoms with Crippen molar-refractivity contribution in [1.29, 1.82) is 0 Å². The van der Waals surface area contributed by atoms with Crippen LogP contribution in [0.5, 0.6) is 0 Å². The molecular weight excluding hydrogens is 254 g/mol. The van der Waals surface area contributed by atoms with Crippen molar-refractivity contribution in [2.45, 2.75) is 39.7 Å². The molecule has 2 rings (SSSR count). The molecule has 0 aliphatic carbocycles. The van der Waals surface area contributed by atoms with Gasteiger partial charge in [-0.05, 0) is 38.4 Å². The molecule has 104 valence electrons. The highest BCUT2D eigenvalue weighted by Gasteiger charge is 2.13. The molecule has 0 saturated carbocycles. The highest BCUT2D eigenvalue weighted by molar-refractivity contribution is 7.15. The van der Waals surface area contributed by atoms with Gasteiger partial charge in [0.25, 0.3) is 0 Å². The molecule has 0 amide bonds. The zero-order valence-electron chi connectivity index (χ0n) is 12.2. The van der Waals surface area contributed by atoms with Crippen molar-refractivity contribution >= 4 is 11.3 Å². The van der Waals surface area contributed by atoms with Crippen molar-refractivity contribution in [3.05, 3.63) is 28.9 Å². The Kier molecular flexibility index (Phi) is 4.77. The van der Waals surface area contributed by atoms with E-state index in [2.05, 4.69) is 49.5 Å². The van der Waals surface area contributed by atoms with Crippen LogP contribution in [-0.2, 0) is 13.5 Å². The van der Waals surface area contributed by atoms with Gasteiger partial charge in [-0.1, -0.05) is 13.8 Å². The van der Waals surface area contributed by atoms with Gasteiger partial charge in [-0.3, -0.25) is 4.68 Å². The second-order valence-corrected chi connectivity index (χ2v) is 6.01. The standard InChI is InChI=1S/C15H23N3S/c1-5-9-16-11(3)14-7-8-15(19-14)12-10-18(4)17-13(12)6-2/h7-8,10-11,16H,5-6,9H2,1-4H3. The van der Waals surface area contributed by atoms with Gasteiger partial charge in [-0.25, -0.2) is 0 Å². The predicted molar refractivity (Wildman–Crippen MR) is 82.6 cm³/mol. The Morgan fingerprint density at radius 1 is 1.37 bits per heavy atom. The number of thiophene rings is 1. The Balaban J connectivity index is 2.20. The fourth-order valence-electron chi connectivity index (χ4n) is 2.19. The number of hydrogen-bond donors (Lipinski definition) is 1. The van der Waals surface area contributed by atoms with Crippen molar-refractivity contribution in [3.8, 4) is 10.4 Å². The third-order valence-corrected chi connectivity index (χ3v) is 4.56. The van der Waals surface area contributed by atoms with E-state index in [1.54, 1.807) is 0 Å². The Hall–Kier alpha value is -1.13. The van der Waals surface area contributed by atoms with E-state index in [4.69, 9.17) is 0 Å². The maximum Gasteiger partial charge on any atom is 0.0708 e. The fourth-order valence-corrected chi connectivity index (χ4v) is 3.26. The molecule has 0 saturated heterocycles. The number of rotatable bonds is 6. The summed E-state index contributed by atoms with van der Waals surface area (Å²) < 4.78 is 1.91. The first-order chi connectivity index (χ1) is 9.15. The first-order valence-corrected chi connectivity index (χ1v) is 7.83. The van der Waals surface area contributed by atoms with E-state index in [9.17, 15) is 0 Å². The van der Waals surface area contributed by atoms with Crippen LogP contribution in [0.25, 0.3) is 10.4 Å². The largest absolute Gasteiger partial charge is 0.309 e. The van der Waals surface area contributed by atoms with Crippen LogP contribution in [0.3, 0.4) is 0 Å². The van der Waals surface area contributed by atoms with E-state index in [1.807, 2.05) is 23.1 Å². The smallest absolute Gasteiger partial charge is 0.0708 e. The first-order valence-electron chi connectivity index (χ1n) is 7.01. The summed E-state index contributed by atoms with van der Waals surface area (Å²) in [6, 6.07) is 4.89. The van der Waals surface area contributed by atoms with Gasteiger partial charge in [-0.2, -0.15) is 5.10 Å². The molecule has 1 N–H and O–H groups in total. The molecule has 4 heteroatoms. The minimum Gasteiger partial charge on any atom is -0.309 e. The molecule has 0 bridgehead atoms. The minimum absolute atomic E-state index is 0.431. The number of nitrogens with one attached hydrogen (secondary N) is 1. The van der Waals surface area contributed by atoms with Crippen LogP contribution in [-0.4, -0.2) is 16.3 Å². The van der Waals surface area contributed by atoms with Gasteiger partial charge in [0.05, 0.1) is 5.69 Å². The normalized spacial score (nSPS) is 12.8. The summed E-state index contributed by atoms with van der Waals surface area (Å²) in [4.78, 5) is 2.72. The van der Waals surface area contributed by atoms with Crippen LogP contribution in [0, 0.1) is 0 Å². The van der Waals surface area contributed by atoms with E-state index in [1.165, 1.54) is 27.4 Å². The minimum atomic E-state index is 0.431. The second kappa shape index (κ2) is 6.35. The summed E-state index contributed by atoms with van der Waals surface area (Å²) in [5.74, 6) is 0. The van der Waals surface area contributed by atoms with Crippen LogP contribution in [0.2, 0.25) is 0 Å². The van der Waals surface area contributed by atoms with Gasteiger partial charge in [0, 0.05) is 34.6 Å². The lowest BCUT2D eigenvalue weighted by Gasteiger charge is -2.10. The predicted octanol–water partition coefficient (Wildman–Crippen LogP) is 3.77. The Bertz CT molecular complexity index is 527. The molecule has 1 unspecified atom stereocenters. The number of hydrogen-bond acceptors (Lipinski definition) is 3. The average molecular weight is 277 g/mol. The van der Waals surface area contributed by atoms with Gasteiger partial charge < -0.3 is 5.32 Å². The zero-order chi connectivity index (χ0) is 13.8. The monoisotopic (exact) mass is 277 g/mol. The number of aromatic nitrogens is 2. The van der Waals surface area contributed by atoms with Crippen molar-refractivity contribution in [2.75, 3.05) is 6.54 Å². The van der Waals surface area contributed by atoms with E-state index in [-0.39, 0.29) is 0 Å². The lowest BCUT2D eigenvalue weighted by atomic mass is 10.2. The Morgan fingerprint density at radius 2 is 2.16 bits per heavy atom. The molecule has 0 fully saturated rings. The SMILES string of the molecule is CCCNC(C)c1ccc(-c2cn(C)nc2CC)s1.